The second-order valence-corrected chi connectivity index (χ2v) is 5.19. The quantitative estimate of drug-likeness (QED) is 0.567. The third kappa shape index (κ3) is 3.67. The smallest absolute Gasteiger partial charge is 0.337 e. The van der Waals surface area contributed by atoms with E-state index in [9.17, 15) is 4.79 Å². The molecule has 4 aromatic rings. The molecule has 2 aromatic heterocycles. The lowest BCUT2D eigenvalue weighted by Crippen LogP contribution is -1.96. The van der Waals surface area contributed by atoms with Crippen molar-refractivity contribution in [2.24, 2.45) is 0 Å². The number of H-pyrrole nitrogens is 1. The minimum absolute atomic E-state index is 0.221. The molecule has 118 valence electrons. The fourth-order valence-electron chi connectivity index (χ4n) is 2.32. The van der Waals surface area contributed by atoms with Crippen LogP contribution >= 0.6 is 0 Å². The summed E-state index contributed by atoms with van der Waals surface area (Å²) in [6.07, 6.45) is 5.29. The number of fused-ring (bicyclic) bond motifs is 1. The maximum absolute atomic E-state index is 10.6. The molecule has 0 bridgehead atoms. The van der Waals surface area contributed by atoms with Crippen LogP contribution in [0, 0.1) is 0 Å². The molecule has 2 heterocycles. The minimum Gasteiger partial charge on any atom is -0.478 e. The molecule has 4 rings (SSSR count). The summed E-state index contributed by atoms with van der Waals surface area (Å²) >= 11 is 0. The molecule has 0 saturated carbocycles. The highest BCUT2D eigenvalue weighted by atomic mass is 16.4. The topological polar surface area (TPSA) is 66.0 Å². The molecule has 0 aliphatic heterocycles. The molecule has 0 spiro atoms. The maximum atomic E-state index is 10.6. The molecule has 0 aliphatic carbocycles. The van der Waals surface area contributed by atoms with Gasteiger partial charge in [0.1, 0.15) is 0 Å². The summed E-state index contributed by atoms with van der Waals surface area (Å²) in [7, 11) is 0. The van der Waals surface area contributed by atoms with Crippen molar-refractivity contribution in [3.63, 3.8) is 0 Å². The Hall–Kier alpha value is -3.40. The number of carboxylic acid groups (broad SMARTS) is 1. The number of hydrogen-bond donors (Lipinski definition) is 2. The Balaban J connectivity index is 0.000000143. The summed E-state index contributed by atoms with van der Waals surface area (Å²) < 4.78 is 0. The first-order valence-corrected chi connectivity index (χ1v) is 7.50. The van der Waals surface area contributed by atoms with Gasteiger partial charge in [0.25, 0.3) is 0 Å². The number of pyridine rings is 1. The van der Waals surface area contributed by atoms with Crippen molar-refractivity contribution in [2.75, 3.05) is 0 Å². The van der Waals surface area contributed by atoms with Crippen molar-refractivity contribution >= 4 is 16.9 Å². The van der Waals surface area contributed by atoms with Gasteiger partial charge in [0.2, 0.25) is 0 Å². The maximum Gasteiger partial charge on any atom is 0.337 e. The van der Waals surface area contributed by atoms with Crippen molar-refractivity contribution < 1.29 is 9.90 Å². The van der Waals surface area contributed by atoms with Gasteiger partial charge >= 0.3 is 5.97 Å². The summed E-state index contributed by atoms with van der Waals surface area (Å²) in [5, 5.41) is 9.55. The monoisotopic (exact) mass is 316 g/mol. The Labute approximate surface area is 139 Å². The highest BCUT2D eigenvalue weighted by Crippen LogP contribution is 2.16. The average molecular weight is 316 g/mol. The SMILES string of the molecule is O=C(O)c1cnc2ccccc2c1.c1ccc(-c2cc[nH]c2)cc1. The predicted octanol–water partition coefficient (Wildman–Crippen LogP) is 4.61. The van der Waals surface area contributed by atoms with E-state index in [-0.39, 0.29) is 5.56 Å². The number of carboxylic acids is 1. The molecule has 2 aromatic carbocycles. The first kappa shape index (κ1) is 15.5. The number of nitrogens with one attached hydrogen (secondary N) is 1. The first-order chi connectivity index (χ1) is 11.7. The van der Waals surface area contributed by atoms with Crippen molar-refractivity contribution in [1.82, 2.24) is 9.97 Å². The Morgan fingerprint density at radius 1 is 0.917 bits per heavy atom. The fraction of sp³-hybridized carbons (Fsp3) is 0. The van der Waals surface area contributed by atoms with Crippen LogP contribution in [-0.4, -0.2) is 21.0 Å². The largest absolute Gasteiger partial charge is 0.478 e. The van der Waals surface area contributed by atoms with E-state index in [4.69, 9.17) is 5.11 Å². The molecule has 0 amide bonds. The highest BCUT2D eigenvalue weighted by Gasteiger charge is 2.03. The van der Waals surface area contributed by atoms with E-state index in [0.717, 1.165) is 10.9 Å². The van der Waals surface area contributed by atoms with Crippen LogP contribution in [0.15, 0.2) is 85.3 Å². The summed E-state index contributed by atoms with van der Waals surface area (Å²) in [4.78, 5) is 17.7. The van der Waals surface area contributed by atoms with Crippen LogP contribution in [0.3, 0.4) is 0 Å². The van der Waals surface area contributed by atoms with Gasteiger partial charge in [-0.05, 0) is 29.3 Å². The fourth-order valence-corrected chi connectivity index (χ4v) is 2.32. The third-order valence-electron chi connectivity index (χ3n) is 3.54. The Kier molecular flexibility index (Phi) is 4.68. The van der Waals surface area contributed by atoms with E-state index < -0.39 is 5.97 Å². The van der Waals surface area contributed by atoms with Crippen LogP contribution in [0.2, 0.25) is 0 Å². The van der Waals surface area contributed by atoms with Crippen molar-refractivity contribution in [2.45, 2.75) is 0 Å². The standard InChI is InChI=1S/C10H7NO2.C10H9N/c12-10(13)8-5-7-3-1-2-4-9(7)11-6-8;1-2-4-9(5-3-1)10-6-7-11-8-10/h1-6H,(H,12,13);1-8,11H. The predicted molar refractivity (Wildman–Crippen MR) is 94.9 cm³/mol. The van der Waals surface area contributed by atoms with Gasteiger partial charge in [-0.1, -0.05) is 48.5 Å². The van der Waals surface area contributed by atoms with Crippen LogP contribution in [0.1, 0.15) is 10.4 Å². The minimum atomic E-state index is -0.946. The van der Waals surface area contributed by atoms with E-state index >= 15 is 0 Å². The highest BCUT2D eigenvalue weighted by molar-refractivity contribution is 5.92. The second-order valence-electron chi connectivity index (χ2n) is 5.19. The lowest BCUT2D eigenvalue weighted by atomic mass is 10.1. The van der Waals surface area contributed by atoms with E-state index in [0.29, 0.717) is 0 Å². The van der Waals surface area contributed by atoms with Gasteiger partial charge in [-0.3, -0.25) is 4.98 Å². The molecular formula is C20H16N2O2. The zero-order chi connectivity index (χ0) is 16.8. The molecule has 0 saturated heterocycles. The number of carbonyl (C=O) groups is 1. The molecular weight excluding hydrogens is 300 g/mol. The van der Waals surface area contributed by atoms with Gasteiger partial charge in [-0.25, -0.2) is 4.79 Å². The Morgan fingerprint density at radius 3 is 2.38 bits per heavy atom. The molecule has 0 aliphatic rings. The zero-order valence-corrected chi connectivity index (χ0v) is 12.9. The van der Waals surface area contributed by atoms with E-state index in [1.54, 1.807) is 6.07 Å². The molecule has 0 unspecified atom stereocenters. The van der Waals surface area contributed by atoms with E-state index in [1.165, 1.54) is 17.3 Å². The Morgan fingerprint density at radius 2 is 1.67 bits per heavy atom. The van der Waals surface area contributed by atoms with E-state index in [1.807, 2.05) is 54.9 Å². The van der Waals surface area contributed by atoms with Gasteiger partial charge < -0.3 is 10.1 Å². The number of rotatable bonds is 2. The average Bonchev–Trinajstić information content (AvgIpc) is 3.17. The lowest BCUT2D eigenvalue weighted by molar-refractivity contribution is 0.0696. The molecule has 4 heteroatoms. The zero-order valence-electron chi connectivity index (χ0n) is 12.9. The molecule has 0 atom stereocenters. The number of para-hydroxylation sites is 1. The summed E-state index contributed by atoms with van der Waals surface area (Å²) in [6, 6.07) is 21.4. The molecule has 4 nitrogen and oxygen atoms in total. The van der Waals surface area contributed by atoms with Crippen molar-refractivity contribution in [3.05, 3.63) is 90.9 Å². The first-order valence-electron chi connectivity index (χ1n) is 7.50. The second kappa shape index (κ2) is 7.24. The van der Waals surface area contributed by atoms with Crippen LogP contribution in [0.4, 0.5) is 0 Å². The lowest BCUT2D eigenvalue weighted by Gasteiger charge is -1.97. The van der Waals surface area contributed by atoms with Gasteiger partial charge in [-0.15, -0.1) is 0 Å². The number of aromatic carboxylic acids is 1. The molecule has 0 radical (unpaired) electrons. The number of hydrogen-bond acceptors (Lipinski definition) is 2. The van der Waals surface area contributed by atoms with E-state index in [2.05, 4.69) is 28.2 Å². The van der Waals surface area contributed by atoms with Crippen LogP contribution in [0.25, 0.3) is 22.0 Å². The third-order valence-corrected chi connectivity index (χ3v) is 3.54. The summed E-state index contributed by atoms with van der Waals surface area (Å²) in [6.45, 7) is 0. The summed E-state index contributed by atoms with van der Waals surface area (Å²) in [5.41, 5.74) is 3.53. The number of benzene rings is 2. The van der Waals surface area contributed by atoms with Crippen LogP contribution in [0.5, 0.6) is 0 Å². The van der Waals surface area contributed by atoms with Gasteiger partial charge in [0.05, 0.1) is 11.1 Å². The van der Waals surface area contributed by atoms with Gasteiger partial charge in [0.15, 0.2) is 0 Å². The van der Waals surface area contributed by atoms with Crippen LogP contribution in [-0.2, 0) is 0 Å². The number of aromatic amines is 1. The molecule has 2 N–H and O–H groups in total. The normalized spacial score (nSPS) is 10.0. The molecule has 24 heavy (non-hydrogen) atoms. The van der Waals surface area contributed by atoms with Gasteiger partial charge in [-0.2, -0.15) is 0 Å². The number of aromatic nitrogens is 2. The Bertz CT molecular complexity index is 932. The van der Waals surface area contributed by atoms with Crippen LogP contribution < -0.4 is 0 Å². The van der Waals surface area contributed by atoms with Crippen molar-refractivity contribution in [1.29, 1.82) is 0 Å². The van der Waals surface area contributed by atoms with Crippen molar-refractivity contribution in [3.8, 4) is 11.1 Å². The van der Waals surface area contributed by atoms with Gasteiger partial charge in [0, 0.05) is 24.0 Å². The number of nitrogens with zero attached hydrogens (tertiary/aromatic N) is 1. The molecule has 0 fully saturated rings. The summed E-state index contributed by atoms with van der Waals surface area (Å²) in [5.74, 6) is -0.946.